The summed E-state index contributed by atoms with van der Waals surface area (Å²) < 4.78 is 0. The molecule has 3 N–H and O–H groups in total. The van der Waals surface area contributed by atoms with Crippen LogP contribution in [-0.4, -0.2) is 18.5 Å². The fourth-order valence-corrected chi connectivity index (χ4v) is 2.48. The molecule has 17 heavy (non-hydrogen) atoms. The van der Waals surface area contributed by atoms with E-state index >= 15 is 0 Å². The third-order valence-corrected chi connectivity index (χ3v) is 4.07. The van der Waals surface area contributed by atoms with Crippen LogP contribution in [0.2, 0.25) is 0 Å². The molecule has 0 saturated heterocycles. The minimum Gasteiger partial charge on any atom is -0.354 e. The summed E-state index contributed by atoms with van der Waals surface area (Å²) in [6.07, 6.45) is 1.67. The highest BCUT2D eigenvalue weighted by molar-refractivity contribution is 7.10. The van der Waals surface area contributed by atoms with Gasteiger partial charge in [-0.1, -0.05) is 33.3 Å². The third kappa shape index (κ3) is 4.13. The quantitative estimate of drug-likeness (QED) is 0.818. The molecule has 1 aromatic rings. The largest absolute Gasteiger partial charge is 0.354 e. The number of rotatable bonds is 6. The molecule has 0 aliphatic rings. The van der Waals surface area contributed by atoms with Crippen LogP contribution in [0.1, 0.15) is 38.5 Å². The van der Waals surface area contributed by atoms with Gasteiger partial charge < -0.3 is 11.1 Å². The number of nitrogens with two attached hydrogens (primary N) is 1. The summed E-state index contributed by atoms with van der Waals surface area (Å²) in [5.74, 6) is -0.0449. The van der Waals surface area contributed by atoms with E-state index in [1.807, 2.05) is 13.0 Å². The first kappa shape index (κ1) is 14.2. The highest BCUT2D eigenvalue weighted by atomic mass is 32.1. The first-order valence-electron chi connectivity index (χ1n) is 6.04. The lowest BCUT2D eigenvalue weighted by Gasteiger charge is -2.24. The second-order valence-corrected chi connectivity index (χ2v) is 5.92. The van der Waals surface area contributed by atoms with Crippen molar-refractivity contribution in [1.29, 1.82) is 0 Å². The maximum atomic E-state index is 11.7. The molecule has 0 aliphatic carbocycles. The van der Waals surface area contributed by atoms with Gasteiger partial charge in [-0.15, -0.1) is 11.3 Å². The minimum absolute atomic E-state index is 0.0320. The van der Waals surface area contributed by atoms with E-state index in [4.69, 9.17) is 5.73 Å². The lowest BCUT2D eigenvalue weighted by molar-refractivity contribution is -0.122. The molecular weight excluding hydrogens is 232 g/mol. The molecule has 1 amide bonds. The average Bonchev–Trinajstić information content (AvgIpc) is 2.80. The van der Waals surface area contributed by atoms with Crippen LogP contribution in [0.25, 0.3) is 0 Å². The summed E-state index contributed by atoms with van der Waals surface area (Å²) >= 11 is 1.72. The van der Waals surface area contributed by atoms with Crippen LogP contribution in [0.15, 0.2) is 17.5 Å². The second-order valence-electron chi connectivity index (χ2n) is 4.97. The van der Waals surface area contributed by atoms with Crippen LogP contribution in [0, 0.1) is 0 Å². The van der Waals surface area contributed by atoms with Gasteiger partial charge in [0.2, 0.25) is 5.91 Å². The van der Waals surface area contributed by atoms with Crippen LogP contribution in [0.4, 0.5) is 0 Å². The molecule has 1 rings (SSSR count). The smallest absolute Gasteiger partial charge is 0.236 e. The summed E-state index contributed by atoms with van der Waals surface area (Å²) in [7, 11) is 0. The standard InChI is InChI=1S/C13H22N2OS/c1-4-6-10(14)12(16)15-9-13(2,3)11-7-5-8-17-11/h5,7-8,10H,4,6,9,14H2,1-3H3,(H,15,16). The van der Waals surface area contributed by atoms with Crippen molar-refractivity contribution in [2.24, 2.45) is 5.73 Å². The zero-order valence-electron chi connectivity index (χ0n) is 10.8. The fourth-order valence-electron chi connectivity index (χ4n) is 1.63. The van der Waals surface area contributed by atoms with E-state index in [2.05, 4.69) is 30.6 Å². The lowest BCUT2D eigenvalue weighted by atomic mass is 9.91. The van der Waals surface area contributed by atoms with E-state index in [0.717, 1.165) is 12.8 Å². The Morgan fingerprint density at radius 3 is 2.82 bits per heavy atom. The van der Waals surface area contributed by atoms with Gasteiger partial charge >= 0.3 is 0 Å². The number of carbonyl (C=O) groups excluding carboxylic acids is 1. The Kier molecular flexibility index (Phi) is 5.15. The average molecular weight is 254 g/mol. The van der Waals surface area contributed by atoms with E-state index in [1.165, 1.54) is 4.88 Å². The number of amides is 1. The molecule has 0 aliphatic heterocycles. The van der Waals surface area contributed by atoms with Crippen molar-refractivity contribution >= 4 is 17.2 Å². The summed E-state index contributed by atoms with van der Waals surface area (Å²) in [4.78, 5) is 13.0. The number of nitrogens with one attached hydrogen (secondary N) is 1. The maximum absolute atomic E-state index is 11.7. The fraction of sp³-hybridized carbons (Fsp3) is 0.615. The van der Waals surface area contributed by atoms with Crippen molar-refractivity contribution in [2.75, 3.05) is 6.54 Å². The van der Waals surface area contributed by atoms with Gasteiger partial charge in [-0.2, -0.15) is 0 Å². The highest BCUT2D eigenvalue weighted by Crippen LogP contribution is 2.26. The van der Waals surface area contributed by atoms with E-state index in [0.29, 0.717) is 6.54 Å². The molecule has 1 heterocycles. The molecule has 0 bridgehead atoms. The first-order valence-corrected chi connectivity index (χ1v) is 6.92. The molecule has 4 heteroatoms. The van der Waals surface area contributed by atoms with Gasteiger partial charge in [0.1, 0.15) is 0 Å². The second kappa shape index (κ2) is 6.17. The van der Waals surface area contributed by atoms with Crippen molar-refractivity contribution in [3.63, 3.8) is 0 Å². The molecule has 1 aromatic heterocycles. The Morgan fingerprint density at radius 2 is 2.29 bits per heavy atom. The number of hydrogen-bond donors (Lipinski definition) is 2. The molecule has 96 valence electrons. The molecule has 3 nitrogen and oxygen atoms in total. The Balaban J connectivity index is 2.47. The number of carbonyl (C=O) groups is 1. The van der Waals surface area contributed by atoms with Gasteiger partial charge in [0.05, 0.1) is 6.04 Å². The van der Waals surface area contributed by atoms with Crippen LogP contribution < -0.4 is 11.1 Å². The van der Waals surface area contributed by atoms with E-state index in [1.54, 1.807) is 11.3 Å². The van der Waals surface area contributed by atoms with E-state index in [9.17, 15) is 4.79 Å². The number of thiophene rings is 1. The van der Waals surface area contributed by atoms with Gasteiger partial charge in [-0.05, 0) is 17.9 Å². The minimum atomic E-state index is -0.376. The van der Waals surface area contributed by atoms with Gasteiger partial charge in [-0.3, -0.25) is 4.79 Å². The van der Waals surface area contributed by atoms with Crippen molar-refractivity contribution in [1.82, 2.24) is 5.32 Å². The predicted molar refractivity (Wildman–Crippen MR) is 73.2 cm³/mol. The normalized spacial score (nSPS) is 13.4. The maximum Gasteiger partial charge on any atom is 0.236 e. The Bertz CT molecular complexity index is 346. The molecule has 0 spiro atoms. The predicted octanol–water partition coefficient (Wildman–Crippen LogP) is 2.27. The number of hydrogen-bond acceptors (Lipinski definition) is 3. The monoisotopic (exact) mass is 254 g/mol. The SMILES string of the molecule is CCCC(N)C(=O)NCC(C)(C)c1cccs1. The van der Waals surface area contributed by atoms with Crippen molar-refractivity contribution in [3.8, 4) is 0 Å². The van der Waals surface area contributed by atoms with Crippen LogP contribution >= 0.6 is 11.3 Å². The Labute approximate surface area is 107 Å². The van der Waals surface area contributed by atoms with Gasteiger partial charge in [0.25, 0.3) is 0 Å². The topological polar surface area (TPSA) is 55.1 Å². The Hall–Kier alpha value is -0.870. The van der Waals surface area contributed by atoms with Crippen LogP contribution in [0.5, 0.6) is 0 Å². The van der Waals surface area contributed by atoms with Gasteiger partial charge in [0.15, 0.2) is 0 Å². The zero-order valence-corrected chi connectivity index (χ0v) is 11.6. The van der Waals surface area contributed by atoms with E-state index < -0.39 is 0 Å². The molecule has 1 atom stereocenters. The summed E-state index contributed by atoms with van der Waals surface area (Å²) in [5, 5.41) is 5.00. The third-order valence-electron chi connectivity index (χ3n) is 2.83. The molecular formula is C13H22N2OS. The summed E-state index contributed by atoms with van der Waals surface area (Å²) in [6.45, 7) is 6.92. The molecule has 0 aromatic carbocycles. The lowest BCUT2D eigenvalue weighted by Crippen LogP contribution is -2.44. The molecule has 1 unspecified atom stereocenters. The van der Waals surface area contributed by atoms with Crippen molar-refractivity contribution in [2.45, 2.75) is 45.1 Å². The van der Waals surface area contributed by atoms with E-state index in [-0.39, 0.29) is 17.4 Å². The highest BCUT2D eigenvalue weighted by Gasteiger charge is 2.23. The van der Waals surface area contributed by atoms with Crippen molar-refractivity contribution < 1.29 is 4.79 Å². The summed E-state index contributed by atoms with van der Waals surface area (Å²) in [5.41, 5.74) is 5.73. The van der Waals surface area contributed by atoms with Gasteiger partial charge in [0, 0.05) is 16.8 Å². The van der Waals surface area contributed by atoms with Crippen LogP contribution in [-0.2, 0) is 10.2 Å². The van der Waals surface area contributed by atoms with Crippen molar-refractivity contribution in [3.05, 3.63) is 22.4 Å². The Morgan fingerprint density at radius 1 is 1.59 bits per heavy atom. The molecule has 0 saturated carbocycles. The summed E-state index contributed by atoms with van der Waals surface area (Å²) in [6, 6.07) is 3.76. The van der Waals surface area contributed by atoms with Crippen LogP contribution in [0.3, 0.4) is 0 Å². The molecule has 0 fully saturated rings. The molecule has 0 radical (unpaired) electrons. The van der Waals surface area contributed by atoms with Gasteiger partial charge in [-0.25, -0.2) is 0 Å². The zero-order chi connectivity index (χ0) is 12.9. The first-order chi connectivity index (χ1) is 7.97.